The van der Waals surface area contributed by atoms with E-state index >= 15 is 0 Å². The number of aliphatic imine (C=N–C) groups is 1. The lowest BCUT2D eigenvalue weighted by molar-refractivity contribution is 0.751. The highest BCUT2D eigenvalue weighted by Crippen LogP contribution is 2.14. The SMILES string of the molecule is Cc1ccc(CNC(=NCc2nnc(C)n2C)NCCc2cccs2)s1.I. The van der Waals surface area contributed by atoms with Crippen LogP contribution < -0.4 is 10.6 Å². The molecule has 0 unspecified atom stereocenters. The fourth-order valence-electron chi connectivity index (χ4n) is 2.42. The Hall–Kier alpha value is -1.46. The van der Waals surface area contributed by atoms with Gasteiger partial charge in [-0.1, -0.05) is 6.07 Å². The standard InChI is InChI=1S/C18H24N6S2.HI/c1-13-6-7-16(26-13)11-20-18(19-9-8-15-5-4-10-25-15)21-12-17-23-22-14(2)24(17)3;/h4-7,10H,8-9,11-12H2,1-3H3,(H2,19,20,21);1H. The first-order valence-corrected chi connectivity index (χ1v) is 10.3. The van der Waals surface area contributed by atoms with Crippen molar-refractivity contribution >= 4 is 52.6 Å². The van der Waals surface area contributed by atoms with Gasteiger partial charge in [0.15, 0.2) is 11.8 Å². The normalized spacial score (nSPS) is 11.3. The van der Waals surface area contributed by atoms with Crippen LogP contribution in [0, 0.1) is 13.8 Å². The van der Waals surface area contributed by atoms with Crippen molar-refractivity contribution in [1.82, 2.24) is 25.4 Å². The van der Waals surface area contributed by atoms with E-state index in [0.29, 0.717) is 6.54 Å². The molecule has 0 spiro atoms. The second-order valence-corrected chi connectivity index (χ2v) is 8.41. The van der Waals surface area contributed by atoms with Gasteiger partial charge in [0, 0.05) is 28.2 Å². The zero-order chi connectivity index (χ0) is 18.4. The average molecular weight is 516 g/mol. The van der Waals surface area contributed by atoms with Crippen LogP contribution in [-0.2, 0) is 26.6 Å². The lowest BCUT2D eigenvalue weighted by Gasteiger charge is -2.12. The molecule has 0 bridgehead atoms. The van der Waals surface area contributed by atoms with Crippen molar-refractivity contribution in [3.05, 3.63) is 55.9 Å². The summed E-state index contributed by atoms with van der Waals surface area (Å²) in [4.78, 5) is 8.67. The lowest BCUT2D eigenvalue weighted by Crippen LogP contribution is -2.38. The summed E-state index contributed by atoms with van der Waals surface area (Å²) in [6.07, 6.45) is 0.986. The molecule has 3 heterocycles. The lowest BCUT2D eigenvalue weighted by atomic mass is 10.3. The summed E-state index contributed by atoms with van der Waals surface area (Å²) in [5.41, 5.74) is 0. The summed E-state index contributed by atoms with van der Waals surface area (Å²) in [6, 6.07) is 8.55. The van der Waals surface area contributed by atoms with Crippen molar-refractivity contribution in [3.8, 4) is 0 Å². The third-order valence-electron chi connectivity index (χ3n) is 4.03. The minimum Gasteiger partial charge on any atom is -0.356 e. The molecule has 9 heteroatoms. The molecule has 2 N–H and O–H groups in total. The minimum atomic E-state index is 0. The van der Waals surface area contributed by atoms with E-state index in [1.165, 1.54) is 14.6 Å². The number of halogens is 1. The Morgan fingerprint density at radius 3 is 2.63 bits per heavy atom. The van der Waals surface area contributed by atoms with Crippen molar-refractivity contribution in [3.63, 3.8) is 0 Å². The van der Waals surface area contributed by atoms with Gasteiger partial charge in [0.1, 0.15) is 12.4 Å². The first kappa shape index (κ1) is 21.8. The smallest absolute Gasteiger partial charge is 0.192 e. The van der Waals surface area contributed by atoms with E-state index in [1.54, 1.807) is 22.7 Å². The van der Waals surface area contributed by atoms with Gasteiger partial charge >= 0.3 is 0 Å². The maximum Gasteiger partial charge on any atom is 0.192 e. The molecule has 6 nitrogen and oxygen atoms in total. The molecule has 27 heavy (non-hydrogen) atoms. The van der Waals surface area contributed by atoms with Crippen LogP contribution in [0.15, 0.2) is 34.6 Å². The number of hydrogen-bond acceptors (Lipinski definition) is 5. The largest absolute Gasteiger partial charge is 0.356 e. The van der Waals surface area contributed by atoms with E-state index < -0.39 is 0 Å². The molecule has 0 fully saturated rings. The summed E-state index contributed by atoms with van der Waals surface area (Å²) in [7, 11) is 1.96. The molecule has 0 aliphatic rings. The topological polar surface area (TPSA) is 67.1 Å². The highest BCUT2D eigenvalue weighted by molar-refractivity contribution is 14.0. The molecule has 0 atom stereocenters. The highest BCUT2D eigenvalue weighted by Gasteiger charge is 2.06. The molecule has 3 aromatic rings. The van der Waals surface area contributed by atoms with E-state index in [1.807, 2.05) is 18.5 Å². The van der Waals surface area contributed by atoms with E-state index in [9.17, 15) is 0 Å². The van der Waals surface area contributed by atoms with E-state index in [-0.39, 0.29) is 24.0 Å². The van der Waals surface area contributed by atoms with Gasteiger partial charge in [-0.25, -0.2) is 4.99 Å². The monoisotopic (exact) mass is 516 g/mol. The van der Waals surface area contributed by atoms with E-state index in [2.05, 4.69) is 62.4 Å². The number of aromatic nitrogens is 3. The molecule has 3 rings (SSSR count). The third-order valence-corrected chi connectivity index (χ3v) is 5.97. The fraction of sp³-hybridized carbons (Fsp3) is 0.389. The van der Waals surface area contributed by atoms with Crippen molar-refractivity contribution < 1.29 is 0 Å². The average Bonchev–Trinajstić information content (AvgIpc) is 3.35. The predicted molar refractivity (Wildman–Crippen MR) is 124 cm³/mol. The molecule has 0 aliphatic heterocycles. The Morgan fingerprint density at radius 2 is 2.00 bits per heavy atom. The number of rotatable bonds is 7. The molecule has 146 valence electrons. The summed E-state index contributed by atoms with van der Waals surface area (Å²) in [6.45, 7) is 6.17. The molecule has 0 saturated carbocycles. The third kappa shape index (κ3) is 6.58. The van der Waals surface area contributed by atoms with Gasteiger partial charge in [-0.3, -0.25) is 0 Å². The second-order valence-electron chi connectivity index (χ2n) is 6.01. The summed E-state index contributed by atoms with van der Waals surface area (Å²) >= 11 is 3.58. The summed E-state index contributed by atoms with van der Waals surface area (Å²) in [5.74, 6) is 2.55. The van der Waals surface area contributed by atoms with Crippen LogP contribution in [0.2, 0.25) is 0 Å². The number of nitrogens with zero attached hydrogens (tertiary/aromatic N) is 4. The van der Waals surface area contributed by atoms with Crippen LogP contribution in [0.3, 0.4) is 0 Å². The molecular weight excluding hydrogens is 491 g/mol. The quantitative estimate of drug-likeness (QED) is 0.286. The molecular formula is C18H25IN6S2. The highest BCUT2D eigenvalue weighted by atomic mass is 127. The number of nitrogens with one attached hydrogen (secondary N) is 2. The molecule has 0 aliphatic carbocycles. The van der Waals surface area contributed by atoms with Crippen LogP contribution in [0.1, 0.15) is 26.3 Å². The zero-order valence-corrected chi connectivity index (χ0v) is 19.7. The Kier molecular flexibility index (Phi) is 8.71. The number of thiophene rings is 2. The van der Waals surface area contributed by atoms with Crippen LogP contribution in [0.25, 0.3) is 0 Å². The summed E-state index contributed by atoms with van der Waals surface area (Å²) in [5, 5.41) is 17.2. The van der Waals surface area contributed by atoms with Gasteiger partial charge in [-0.15, -0.1) is 56.8 Å². The first-order chi connectivity index (χ1) is 12.6. The maximum absolute atomic E-state index is 4.69. The Balaban J connectivity index is 0.00000261. The van der Waals surface area contributed by atoms with Crippen LogP contribution in [-0.4, -0.2) is 27.3 Å². The molecule has 0 aromatic carbocycles. The Bertz CT molecular complexity index is 853. The molecule has 0 amide bonds. The van der Waals surface area contributed by atoms with Crippen LogP contribution >= 0.6 is 46.7 Å². The maximum atomic E-state index is 4.69. The predicted octanol–water partition coefficient (Wildman–Crippen LogP) is 3.65. The zero-order valence-electron chi connectivity index (χ0n) is 15.7. The van der Waals surface area contributed by atoms with Gasteiger partial charge in [-0.05, 0) is 43.8 Å². The van der Waals surface area contributed by atoms with Crippen molar-refractivity contribution in [2.24, 2.45) is 12.0 Å². The fourth-order valence-corrected chi connectivity index (χ4v) is 3.96. The van der Waals surface area contributed by atoms with Crippen molar-refractivity contribution in [2.75, 3.05) is 6.54 Å². The summed E-state index contributed by atoms with van der Waals surface area (Å²) < 4.78 is 1.97. The van der Waals surface area contributed by atoms with Crippen molar-refractivity contribution in [1.29, 1.82) is 0 Å². The van der Waals surface area contributed by atoms with Gasteiger partial charge in [0.2, 0.25) is 0 Å². The Morgan fingerprint density at radius 1 is 1.15 bits per heavy atom. The molecule has 3 aromatic heterocycles. The molecule has 0 saturated heterocycles. The van der Waals surface area contributed by atoms with Gasteiger partial charge in [-0.2, -0.15) is 0 Å². The van der Waals surface area contributed by atoms with E-state index in [0.717, 1.165) is 37.1 Å². The van der Waals surface area contributed by atoms with Gasteiger partial charge in [0.05, 0.1) is 6.54 Å². The van der Waals surface area contributed by atoms with Crippen LogP contribution in [0.5, 0.6) is 0 Å². The number of hydrogen-bond donors (Lipinski definition) is 2. The molecule has 0 radical (unpaired) electrons. The minimum absolute atomic E-state index is 0. The first-order valence-electron chi connectivity index (χ1n) is 8.56. The van der Waals surface area contributed by atoms with Gasteiger partial charge in [0.25, 0.3) is 0 Å². The van der Waals surface area contributed by atoms with Gasteiger partial charge < -0.3 is 15.2 Å². The van der Waals surface area contributed by atoms with Crippen LogP contribution in [0.4, 0.5) is 0 Å². The second kappa shape index (κ2) is 10.8. The van der Waals surface area contributed by atoms with Crippen molar-refractivity contribution in [2.45, 2.75) is 33.4 Å². The Labute approximate surface area is 185 Å². The van der Waals surface area contributed by atoms with E-state index in [4.69, 9.17) is 0 Å². The number of guanidine groups is 1. The number of aryl methyl sites for hydroxylation is 2.